The van der Waals surface area contributed by atoms with E-state index in [1.165, 1.54) is 19.3 Å². The molecule has 1 rings (SSSR count). The maximum Gasteiger partial charge on any atom is 0.0246 e. The van der Waals surface area contributed by atoms with Gasteiger partial charge in [0.2, 0.25) is 0 Å². The van der Waals surface area contributed by atoms with Crippen LogP contribution in [0, 0.1) is 5.92 Å². The smallest absolute Gasteiger partial charge is 0.0246 e. The molecule has 16 heavy (non-hydrogen) atoms. The van der Waals surface area contributed by atoms with Gasteiger partial charge in [0.1, 0.15) is 0 Å². The molecule has 2 nitrogen and oxygen atoms in total. The Morgan fingerprint density at radius 2 is 2.19 bits per heavy atom. The van der Waals surface area contributed by atoms with Crippen molar-refractivity contribution < 1.29 is 4.21 Å². The molecule has 3 unspecified atom stereocenters. The molecular weight excluding hydrogens is 218 g/mol. The molecule has 0 aromatic carbocycles. The molecule has 1 saturated carbocycles. The molecule has 0 amide bonds. The topological polar surface area (TPSA) is 29.1 Å². The molecule has 0 radical (unpaired) electrons. The first kappa shape index (κ1) is 13.9. The summed E-state index contributed by atoms with van der Waals surface area (Å²) in [5.41, 5.74) is 0. The first-order valence-corrected chi connectivity index (χ1v) is 8.03. The van der Waals surface area contributed by atoms with E-state index in [2.05, 4.69) is 18.8 Å². The molecule has 0 aromatic rings. The number of hydrogen-bond donors (Lipinski definition) is 1. The van der Waals surface area contributed by atoms with E-state index < -0.39 is 10.8 Å². The van der Waals surface area contributed by atoms with Gasteiger partial charge in [-0.25, -0.2) is 0 Å². The van der Waals surface area contributed by atoms with Crippen LogP contribution < -0.4 is 5.32 Å². The Morgan fingerprint density at radius 3 is 2.69 bits per heavy atom. The fourth-order valence-electron chi connectivity index (χ4n) is 2.04. The summed E-state index contributed by atoms with van der Waals surface area (Å²) >= 11 is 0. The second-order valence-corrected chi connectivity index (χ2v) is 6.50. The Balaban J connectivity index is 2.23. The summed E-state index contributed by atoms with van der Waals surface area (Å²) in [6.07, 6.45) is 9.85. The third-order valence-electron chi connectivity index (χ3n) is 3.21. The van der Waals surface area contributed by atoms with Crippen LogP contribution in [0.25, 0.3) is 0 Å². The van der Waals surface area contributed by atoms with Crippen LogP contribution in [-0.4, -0.2) is 28.3 Å². The third-order valence-corrected chi connectivity index (χ3v) is 4.02. The van der Waals surface area contributed by atoms with E-state index in [4.69, 9.17) is 0 Å². The van der Waals surface area contributed by atoms with Crippen LogP contribution in [0.1, 0.15) is 39.0 Å². The molecule has 0 spiro atoms. The Bertz CT molecular complexity index is 238. The van der Waals surface area contributed by atoms with Crippen LogP contribution in [0.4, 0.5) is 0 Å². The van der Waals surface area contributed by atoms with Crippen molar-refractivity contribution in [3.05, 3.63) is 12.7 Å². The third kappa shape index (κ3) is 5.80. The summed E-state index contributed by atoms with van der Waals surface area (Å²) < 4.78 is 11.0. The van der Waals surface area contributed by atoms with Crippen LogP contribution in [0.5, 0.6) is 0 Å². The zero-order valence-corrected chi connectivity index (χ0v) is 11.4. The van der Waals surface area contributed by atoms with Crippen molar-refractivity contribution in [3.63, 3.8) is 0 Å². The molecule has 1 fully saturated rings. The van der Waals surface area contributed by atoms with E-state index in [0.29, 0.717) is 12.1 Å². The molecule has 1 aliphatic carbocycles. The lowest BCUT2D eigenvalue weighted by atomic mass is 10.0. The molecular formula is C13H25NOS. The van der Waals surface area contributed by atoms with Gasteiger partial charge in [-0.2, -0.15) is 0 Å². The fourth-order valence-corrected chi connectivity index (χ4v) is 2.73. The van der Waals surface area contributed by atoms with Crippen LogP contribution in [0.2, 0.25) is 0 Å². The largest absolute Gasteiger partial charge is 0.311 e. The molecule has 94 valence electrons. The summed E-state index contributed by atoms with van der Waals surface area (Å²) in [6.45, 7) is 5.99. The van der Waals surface area contributed by atoms with E-state index in [1.54, 1.807) is 6.26 Å². The van der Waals surface area contributed by atoms with E-state index in [1.807, 2.05) is 6.08 Å². The second-order valence-electron chi connectivity index (χ2n) is 4.94. The van der Waals surface area contributed by atoms with Gasteiger partial charge < -0.3 is 5.32 Å². The molecule has 1 N–H and O–H groups in total. The standard InChI is InChI=1S/C13H25NOS/c1-4-5-6-13(12-7-8-12)14-11(2)9-10-16(3)15/h4,11-14H,1,5-10H2,2-3H3. The van der Waals surface area contributed by atoms with Crippen molar-refractivity contribution >= 4 is 10.8 Å². The van der Waals surface area contributed by atoms with Gasteiger partial charge in [-0.1, -0.05) is 6.08 Å². The average molecular weight is 243 g/mol. The molecule has 0 bridgehead atoms. The van der Waals surface area contributed by atoms with Crippen LogP contribution in [-0.2, 0) is 10.8 Å². The number of allylic oxidation sites excluding steroid dienone is 1. The lowest BCUT2D eigenvalue weighted by molar-refractivity contribution is 0.385. The normalized spacial score (nSPS) is 21.4. The fraction of sp³-hybridized carbons (Fsp3) is 0.846. The van der Waals surface area contributed by atoms with E-state index >= 15 is 0 Å². The molecule has 3 atom stereocenters. The van der Waals surface area contributed by atoms with Gasteiger partial charge in [-0.15, -0.1) is 6.58 Å². The first-order valence-electron chi connectivity index (χ1n) is 6.30. The monoisotopic (exact) mass is 243 g/mol. The van der Waals surface area contributed by atoms with Crippen molar-refractivity contribution in [2.24, 2.45) is 5.92 Å². The van der Waals surface area contributed by atoms with Gasteiger partial charge in [0.25, 0.3) is 0 Å². The molecule has 0 heterocycles. The molecule has 3 heteroatoms. The summed E-state index contributed by atoms with van der Waals surface area (Å²) in [6, 6.07) is 1.14. The zero-order chi connectivity index (χ0) is 12.0. The highest BCUT2D eigenvalue weighted by Crippen LogP contribution is 2.34. The summed E-state index contributed by atoms with van der Waals surface area (Å²) in [4.78, 5) is 0. The average Bonchev–Trinajstić information content (AvgIpc) is 3.05. The van der Waals surface area contributed by atoms with Crippen molar-refractivity contribution in [2.75, 3.05) is 12.0 Å². The van der Waals surface area contributed by atoms with E-state index in [-0.39, 0.29) is 0 Å². The number of rotatable bonds is 9. The maximum atomic E-state index is 11.0. The van der Waals surface area contributed by atoms with Crippen LogP contribution in [0.3, 0.4) is 0 Å². The van der Waals surface area contributed by atoms with Crippen LogP contribution >= 0.6 is 0 Å². The van der Waals surface area contributed by atoms with Crippen LogP contribution in [0.15, 0.2) is 12.7 Å². The summed E-state index contributed by atoms with van der Waals surface area (Å²) in [5, 5.41) is 3.69. The van der Waals surface area contributed by atoms with Crippen molar-refractivity contribution in [1.82, 2.24) is 5.32 Å². The molecule has 0 aliphatic heterocycles. The van der Waals surface area contributed by atoms with Gasteiger partial charge >= 0.3 is 0 Å². The Labute approximate surface area is 102 Å². The van der Waals surface area contributed by atoms with Gasteiger partial charge in [0, 0.05) is 34.9 Å². The van der Waals surface area contributed by atoms with E-state index in [9.17, 15) is 4.21 Å². The summed E-state index contributed by atoms with van der Waals surface area (Å²) in [5.74, 6) is 1.70. The predicted octanol–water partition coefficient (Wildman–Crippen LogP) is 2.48. The molecule has 1 aliphatic rings. The number of nitrogens with one attached hydrogen (secondary N) is 1. The van der Waals surface area contributed by atoms with Gasteiger partial charge in [0.05, 0.1) is 0 Å². The minimum atomic E-state index is -0.658. The SMILES string of the molecule is C=CCCC(NC(C)CCS(C)=O)C1CC1. The van der Waals surface area contributed by atoms with Gasteiger partial charge in [-0.05, 0) is 44.9 Å². The quantitative estimate of drug-likeness (QED) is 0.630. The van der Waals surface area contributed by atoms with Crippen molar-refractivity contribution in [2.45, 2.75) is 51.1 Å². The Morgan fingerprint density at radius 1 is 1.50 bits per heavy atom. The second kappa shape index (κ2) is 7.23. The number of hydrogen-bond acceptors (Lipinski definition) is 2. The highest BCUT2D eigenvalue weighted by atomic mass is 32.2. The zero-order valence-electron chi connectivity index (χ0n) is 10.6. The van der Waals surface area contributed by atoms with Crippen molar-refractivity contribution in [1.29, 1.82) is 0 Å². The predicted molar refractivity (Wildman–Crippen MR) is 72.1 cm³/mol. The molecule has 0 aromatic heterocycles. The minimum absolute atomic E-state index is 0.485. The highest BCUT2D eigenvalue weighted by Gasteiger charge is 2.30. The van der Waals surface area contributed by atoms with Gasteiger partial charge in [0.15, 0.2) is 0 Å². The Hall–Kier alpha value is -0.150. The summed E-state index contributed by atoms with van der Waals surface area (Å²) in [7, 11) is -0.658. The minimum Gasteiger partial charge on any atom is -0.311 e. The maximum absolute atomic E-state index is 11.0. The lowest BCUT2D eigenvalue weighted by Gasteiger charge is -2.22. The van der Waals surface area contributed by atoms with E-state index in [0.717, 1.165) is 24.5 Å². The van der Waals surface area contributed by atoms with Gasteiger partial charge in [-0.3, -0.25) is 4.21 Å². The highest BCUT2D eigenvalue weighted by molar-refractivity contribution is 7.84. The molecule has 0 saturated heterocycles. The Kier molecular flexibility index (Phi) is 6.29. The lowest BCUT2D eigenvalue weighted by Crippen LogP contribution is -2.38. The van der Waals surface area contributed by atoms with Crippen molar-refractivity contribution in [3.8, 4) is 0 Å². The first-order chi connectivity index (χ1) is 7.63.